The van der Waals surface area contributed by atoms with Gasteiger partial charge in [0.2, 0.25) is 6.10 Å². The first-order chi connectivity index (χ1) is 11.2. The number of ether oxygens (including phenoxy) is 2. The van der Waals surface area contributed by atoms with Gasteiger partial charge in [0.15, 0.2) is 11.5 Å². The maximum atomic E-state index is 12.3. The minimum absolute atomic E-state index is 0.114. The van der Waals surface area contributed by atoms with Crippen molar-refractivity contribution in [1.29, 1.82) is 0 Å². The zero-order valence-electron chi connectivity index (χ0n) is 12.8. The Balaban J connectivity index is 1.33. The zero-order chi connectivity index (χ0) is 15.7. The highest BCUT2D eigenvalue weighted by molar-refractivity contribution is 5.81. The van der Waals surface area contributed by atoms with Crippen LogP contribution < -0.4 is 14.8 Å². The number of nitrogens with zero attached hydrogens (tertiary/aromatic N) is 2. The van der Waals surface area contributed by atoms with E-state index in [4.69, 9.17) is 9.47 Å². The fraction of sp³-hybridized carbons (Fsp3) is 0.412. The van der Waals surface area contributed by atoms with Crippen LogP contribution in [0.3, 0.4) is 0 Å². The second-order valence-corrected chi connectivity index (χ2v) is 6.32. The van der Waals surface area contributed by atoms with E-state index in [0.29, 0.717) is 18.0 Å². The van der Waals surface area contributed by atoms with Gasteiger partial charge in [0.05, 0.1) is 6.33 Å². The van der Waals surface area contributed by atoms with Crippen LogP contribution in [0.1, 0.15) is 12.8 Å². The highest BCUT2D eigenvalue weighted by Gasteiger charge is 2.43. The van der Waals surface area contributed by atoms with E-state index in [-0.39, 0.29) is 17.9 Å². The minimum atomic E-state index is -0.589. The van der Waals surface area contributed by atoms with E-state index in [2.05, 4.69) is 14.9 Å². The lowest BCUT2D eigenvalue weighted by Crippen LogP contribution is -2.46. The van der Waals surface area contributed by atoms with Crippen molar-refractivity contribution in [3.8, 4) is 11.5 Å². The average Bonchev–Trinajstić information content (AvgIpc) is 3.15. The summed E-state index contributed by atoms with van der Waals surface area (Å²) in [5, 5.41) is 3.02. The first-order valence-corrected chi connectivity index (χ1v) is 7.86. The van der Waals surface area contributed by atoms with Crippen LogP contribution >= 0.6 is 0 Å². The van der Waals surface area contributed by atoms with Crippen LogP contribution in [-0.4, -0.2) is 34.7 Å². The SMILES string of the molecule is O=C(NCC1(Cn2ccnc2)CC1)[C@@H]1COc2ccccc2O1. The van der Waals surface area contributed by atoms with Gasteiger partial charge >= 0.3 is 0 Å². The molecule has 0 spiro atoms. The molecule has 2 heterocycles. The summed E-state index contributed by atoms with van der Waals surface area (Å²) in [7, 11) is 0. The van der Waals surface area contributed by atoms with Crippen LogP contribution in [0.15, 0.2) is 43.0 Å². The highest BCUT2D eigenvalue weighted by Crippen LogP contribution is 2.46. The molecule has 1 atom stereocenters. The number of amides is 1. The Morgan fingerprint density at radius 3 is 2.91 bits per heavy atom. The van der Waals surface area contributed by atoms with Crippen molar-refractivity contribution < 1.29 is 14.3 Å². The number of hydrogen-bond acceptors (Lipinski definition) is 4. The predicted octanol–water partition coefficient (Wildman–Crippen LogP) is 1.62. The summed E-state index contributed by atoms with van der Waals surface area (Å²) in [5.74, 6) is 1.20. The first-order valence-electron chi connectivity index (χ1n) is 7.86. The molecule has 0 unspecified atom stereocenters. The van der Waals surface area contributed by atoms with Crippen molar-refractivity contribution in [2.24, 2.45) is 5.41 Å². The first kappa shape index (κ1) is 14.1. The Morgan fingerprint density at radius 2 is 2.17 bits per heavy atom. The summed E-state index contributed by atoms with van der Waals surface area (Å²) < 4.78 is 13.4. The lowest BCUT2D eigenvalue weighted by molar-refractivity contribution is -0.130. The third-order valence-corrected chi connectivity index (χ3v) is 4.47. The van der Waals surface area contributed by atoms with Gasteiger partial charge in [-0.1, -0.05) is 12.1 Å². The van der Waals surface area contributed by atoms with Crippen molar-refractivity contribution in [3.05, 3.63) is 43.0 Å². The van der Waals surface area contributed by atoms with Crippen LogP contribution in [0.25, 0.3) is 0 Å². The van der Waals surface area contributed by atoms with E-state index < -0.39 is 6.10 Å². The molecule has 1 aliphatic carbocycles. The molecule has 4 rings (SSSR count). The number of carbonyl (C=O) groups excluding carboxylic acids is 1. The topological polar surface area (TPSA) is 65.4 Å². The van der Waals surface area contributed by atoms with Gasteiger partial charge in [-0.2, -0.15) is 0 Å². The number of hydrogen-bond donors (Lipinski definition) is 1. The second-order valence-electron chi connectivity index (χ2n) is 6.32. The monoisotopic (exact) mass is 313 g/mol. The highest BCUT2D eigenvalue weighted by atomic mass is 16.6. The molecule has 120 valence electrons. The third-order valence-electron chi connectivity index (χ3n) is 4.47. The van der Waals surface area contributed by atoms with E-state index in [0.717, 1.165) is 19.4 Å². The van der Waals surface area contributed by atoms with Crippen molar-refractivity contribution in [1.82, 2.24) is 14.9 Å². The molecule has 1 aliphatic heterocycles. The Labute approximate surface area is 134 Å². The minimum Gasteiger partial charge on any atom is -0.485 e. The van der Waals surface area contributed by atoms with E-state index in [9.17, 15) is 4.79 Å². The average molecular weight is 313 g/mol. The summed E-state index contributed by atoms with van der Waals surface area (Å²) >= 11 is 0. The molecule has 1 saturated carbocycles. The number of para-hydroxylation sites is 2. The van der Waals surface area contributed by atoms with Gasteiger partial charge in [-0.05, 0) is 25.0 Å². The molecular formula is C17H19N3O3. The number of rotatable bonds is 5. The van der Waals surface area contributed by atoms with E-state index in [1.54, 1.807) is 6.20 Å². The molecule has 2 aromatic rings. The summed E-state index contributed by atoms with van der Waals surface area (Å²) in [4.78, 5) is 16.4. The van der Waals surface area contributed by atoms with Crippen molar-refractivity contribution in [2.75, 3.05) is 13.2 Å². The number of nitrogens with one attached hydrogen (secondary N) is 1. The van der Waals surface area contributed by atoms with Crippen LogP contribution in [0.4, 0.5) is 0 Å². The normalized spacial score (nSPS) is 20.8. The lowest BCUT2D eigenvalue weighted by atomic mass is 10.1. The van der Waals surface area contributed by atoms with Gasteiger partial charge in [0.1, 0.15) is 6.61 Å². The lowest BCUT2D eigenvalue weighted by Gasteiger charge is -2.26. The summed E-state index contributed by atoms with van der Waals surface area (Å²) in [6, 6.07) is 7.41. The Hall–Kier alpha value is -2.50. The number of carbonyl (C=O) groups is 1. The number of aromatic nitrogens is 2. The summed E-state index contributed by atoms with van der Waals surface area (Å²) in [5.41, 5.74) is 0.157. The van der Waals surface area contributed by atoms with Crippen molar-refractivity contribution in [3.63, 3.8) is 0 Å². The summed E-state index contributed by atoms with van der Waals surface area (Å²) in [6.45, 7) is 1.79. The molecule has 1 aromatic heterocycles. The van der Waals surface area contributed by atoms with Crippen LogP contribution in [0.5, 0.6) is 11.5 Å². The molecule has 2 aliphatic rings. The fourth-order valence-electron chi connectivity index (χ4n) is 2.87. The zero-order valence-corrected chi connectivity index (χ0v) is 12.8. The maximum Gasteiger partial charge on any atom is 0.264 e. The molecular weight excluding hydrogens is 294 g/mol. The van der Waals surface area contributed by atoms with E-state index in [1.807, 2.05) is 36.8 Å². The molecule has 0 saturated heterocycles. The van der Waals surface area contributed by atoms with Crippen LogP contribution in [-0.2, 0) is 11.3 Å². The number of imidazole rings is 1. The van der Waals surface area contributed by atoms with Crippen molar-refractivity contribution >= 4 is 5.91 Å². The Morgan fingerprint density at radius 1 is 1.35 bits per heavy atom. The Bertz CT molecular complexity index is 695. The van der Waals surface area contributed by atoms with Gasteiger partial charge < -0.3 is 19.4 Å². The van der Waals surface area contributed by atoms with Crippen molar-refractivity contribution in [2.45, 2.75) is 25.5 Å². The summed E-state index contributed by atoms with van der Waals surface area (Å²) in [6.07, 6.45) is 7.20. The molecule has 0 bridgehead atoms. The smallest absolute Gasteiger partial charge is 0.264 e. The quantitative estimate of drug-likeness (QED) is 0.911. The van der Waals surface area contributed by atoms with Gasteiger partial charge in [-0.15, -0.1) is 0 Å². The molecule has 1 N–H and O–H groups in total. The van der Waals surface area contributed by atoms with Crippen LogP contribution in [0, 0.1) is 5.41 Å². The molecule has 23 heavy (non-hydrogen) atoms. The standard InChI is InChI=1S/C17H19N3O3/c21-16(15-9-22-13-3-1-2-4-14(13)23-15)19-10-17(5-6-17)11-20-8-7-18-12-20/h1-4,7-8,12,15H,5-6,9-11H2,(H,19,21)/t15-/m0/s1. The molecule has 6 nitrogen and oxygen atoms in total. The Kier molecular flexibility index (Phi) is 3.44. The van der Waals surface area contributed by atoms with E-state index in [1.165, 1.54) is 0 Å². The van der Waals surface area contributed by atoms with Gasteiger partial charge in [0.25, 0.3) is 5.91 Å². The molecule has 1 fully saturated rings. The second kappa shape index (κ2) is 5.61. The largest absolute Gasteiger partial charge is 0.485 e. The molecule has 1 amide bonds. The third kappa shape index (κ3) is 3.02. The van der Waals surface area contributed by atoms with Gasteiger partial charge in [-0.3, -0.25) is 4.79 Å². The molecule has 1 aromatic carbocycles. The number of fused-ring (bicyclic) bond motifs is 1. The fourth-order valence-corrected chi connectivity index (χ4v) is 2.87. The van der Waals surface area contributed by atoms with E-state index >= 15 is 0 Å². The van der Waals surface area contributed by atoms with Crippen LogP contribution in [0.2, 0.25) is 0 Å². The van der Waals surface area contributed by atoms with Gasteiger partial charge in [-0.25, -0.2) is 4.98 Å². The van der Waals surface area contributed by atoms with Gasteiger partial charge in [0, 0.05) is 30.9 Å². The molecule has 6 heteroatoms. The predicted molar refractivity (Wildman–Crippen MR) is 83.3 cm³/mol. The maximum absolute atomic E-state index is 12.3. The molecule has 0 radical (unpaired) electrons. The number of benzene rings is 1.